The number of nitrogens with one attached hydrogen (secondary N) is 1. The summed E-state index contributed by atoms with van der Waals surface area (Å²) in [5.74, 6) is 0.756. The van der Waals surface area contributed by atoms with E-state index in [-0.39, 0.29) is 0 Å². The Bertz CT molecular complexity index is 776. The second-order valence-electron chi connectivity index (χ2n) is 5.53. The van der Waals surface area contributed by atoms with Crippen LogP contribution in [-0.2, 0) is 13.6 Å². The van der Waals surface area contributed by atoms with Crippen LogP contribution in [-0.4, -0.2) is 28.5 Å². The SMILES string of the molecule is COc1c(CNCC(O)c2cc3ccccc3s2)c(C)nn1C. The van der Waals surface area contributed by atoms with Crippen LogP contribution in [0, 0.1) is 6.92 Å². The summed E-state index contributed by atoms with van der Waals surface area (Å²) in [4.78, 5) is 0.980. The lowest BCUT2D eigenvalue weighted by Gasteiger charge is -2.11. The van der Waals surface area contributed by atoms with Crippen molar-refractivity contribution in [1.82, 2.24) is 15.1 Å². The van der Waals surface area contributed by atoms with E-state index in [4.69, 9.17) is 4.74 Å². The van der Waals surface area contributed by atoms with E-state index < -0.39 is 6.10 Å². The van der Waals surface area contributed by atoms with Crippen molar-refractivity contribution in [3.63, 3.8) is 0 Å². The minimum Gasteiger partial charge on any atom is -0.481 e. The average molecular weight is 331 g/mol. The maximum Gasteiger partial charge on any atom is 0.216 e. The Hall–Kier alpha value is -1.89. The zero-order chi connectivity index (χ0) is 16.4. The minimum atomic E-state index is -0.518. The first-order valence-electron chi connectivity index (χ1n) is 7.54. The maximum absolute atomic E-state index is 10.4. The summed E-state index contributed by atoms with van der Waals surface area (Å²) in [6, 6.07) is 10.2. The zero-order valence-electron chi connectivity index (χ0n) is 13.5. The van der Waals surface area contributed by atoms with Crippen LogP contribution in [0.2, 0.25) is 0 Å². The van der Waals surface area contributed by atoms with Gasteiger partial charge in [0.25, 0.3) is 0 Å². The van der Waals surface area contributed by atoms with E-state index in [1.165, 1.54) is 10.1 Å². The summed E-state index contributed by atoms with van der Waals surface area (Å²) in [6.45, 7) is 3.07. The Morgan fingerprint density at radius 3 is 2.91 bits per heavy atom. The third kappa shape index (κ3) is 3.24. The van der Waals surface area contributed by atoms with E-state index in [0.29, 0.717) is 13.1 Å². The fourth-order valence-corrected chi connectivity index (χ4v) is 3.79. The Morgan fingerprint density at radius 1 is 1.39 bits per heavy atom. The molecule has 0 amide bonds. The van der Waals surface area contributed by atoms with E-state index in [0.717, 1.165) is 22.0 Å². The quantitative estimate of drug-likeness (QED) is 0.729. The lowest BCUT2D eigenvalue weighted by Crippen LogP contribution is -2.21. The molecule has 1 aromatic carbocycles. The normalized spacial score (nSPS) is 12.7. The molecule has 6 heteroatoms. The van der Waals surface area contributed by atoms with Gasteiger partial charge in [-0.25, -0.2) is 4.68 Å². The predicted molar refractivity (Wildman–Crippen MR) is 93.0 cm³/mol. The van der Waals surface area contributed by atoms with E-state index in [2.05, 4.69) is 28.6 Å². The topological polar surface area (TPSA) is 59.3 Å². The molecule has 0 aliphatic carbocycles. The molecule has 1 unspecified atom stereocenters. The van der Waals surface area contributed by atoms with Crippen molar-refractivity contribution >= 4 is 21.4 Å². The number of aliphatic hydroxyl groups is 1. The Labute approximate surface area is 139 Å². The van der Waals surface area contributed by atoms with Gasteiger partial charge in [0, 0.05) is 29.7 Å². The number of benzene rings is 1. The molecule has 2 heterocycles. The van der Waals surface area contributed by atoms with Gasteiger partial charge in [-0.05, 0) is 24.4 Å². The molecular formula is C17H21N3O2S. The van der Waals surface area contributed by atoms with Gasteiger partial charge in [-0.3, -0.25) is 0 Å². The summed E-state index contributed by atoms with van der Waals surface area (Å²) in [6.07, 6.45) is -0.518. The molecule has 0 saturated heterocycles. The monoisotopic (exact) mass is 331 g/mol. The highest BCUT2D eigenvalue weighted by atomic mass is 32.1. The number of rotatable bonds is 6. The molecule has 0 aliphatic rings. The summed E-state index contributed by atoms with van der Waals surface area (Å²) >= 11 is 1.64. The Kier molecular flexibility index (Phi) is 4.66. The number of ether oxygens (including phenoxy) is 1. The van der Waals surface area contributed by atoms with Gasteiger partial charge in [0.1, 0.15) is 6.10 Å². The third-order valence-corrected chi connectivity index (χ3v) is 5.11. The summed E-state index contributed by atoms with van der Waals surface area (Å²) in [7, 11) is 3.51. The van der Waals surface area contributed by atoms with Crippen molar-refractivity contribution in [1.29, 1.82) is 0 Å². The molecule has 5 nitrogen and oxygen atoms in total. The second-order valence-corrected chi connectivity index (χ2v) is 6.65. The first-order chi connectivity index (χ1) is 11.1. The number of fused-ring (bicyclic) bond motifs is 1. The highest BCUT2D eigenvalue weighted by Crippen LogP contribution is 2.29. The molecule has 0 fully saturated rings. The van der Waals surface area contributed by atoms with Crippen molar-refractivity contribution in [2.24, 2.45) is 7.05 Å². The first kappa shape index (κ1) is 16.0. The van der Waals surface area contributed by atoms with Gasteiger partial charge in [-0.15, -0.1) is 11.3 Å². The largest absolute Gasteiger partial charge is 0.481 e. The van der Waals surface area contributed by atoms with Crippen molar-refractivity contribution < 1.29 is 9.84 Å². The van der Waals surface area contributed by atoms with Crippen LogP contribution < -0.4 is 10.1 Å². The lowest BCUT2D eigenvalue weighted by molar-refractivity contribution is 0.178. The number of aromatic nitrogens is 2. The molecule has 2 aromatic heterocycles. The number of nitrogens with zero attached hydrogens (tertiary/aromatic N) is 2. The number of hydrogen-bond acceptors (Lipinski definition) is 5. The van der Waals surface area contributed by atoms with Gasteiger partial charge >= 0.3 is 0 Å². The first-order valence-corrected chi connectivity index (χ1v) is 8.35. The Morgan fingerprint density at radius 2 is 2.17 bits per heavy atom. The highest BCUT2D eigenvalue weighted by molar-refractivity contribution is 7.19. The smallest absolute Gasteiger partial charge is 0.216 e. The van der Waals surface area contributed by atoms with Gasteiger partial charge in [-0.2, -0.15) is 5.10 Å². The van der Waals surface area contributed by atoms with Crippen molar-refractivity contribution in [2.45, 2.75) is 19.6 Å². The fraction of sp³-hybridized carbons (Fsp3) is 0.353. The molecule has 0 spiro atoms. The number of aliphatic hydroxyl groups excluding tert-OH is 1. The van der Waals surface area contributed by atoms with Crippen molar-refractivity contribution in [3.05, 3.63) is 46.5 Å². The van der Waals surface area contributed by atoms with Crippen LogP contribution in [0.3, 0.4) is 0 Å². The second kappa shape index (κ2) is 6.70. The van der Waals surface area contributed by atoms with Crippen LogP contribution >= 0.6 is 11.3 Å². The summed E-state index contributed by atoms with van der Waals surface area (Å²) in [5.41, 5.74) is 1.96. The number of methoxy groups -OCH3 is 1. The molecule has 0 radical (unpaired) electrons. The third-order valence-electron chi connectivity index (χ3n) is 3.89. The van der Waals surface area contributed by atoms with E-state index in [1.54, 1.807) is 23.1 Å². The van der Waals surface area contributed by atoms with Gasteiger partial charge in [0.05, 0.1) is 18.4 Å². The van der Waals surface area contributed by atoms with Crippen LogP contribution in [0.4, 0.5) is 0 Å². The highest BCUT2D eigenvalue weighted by Gasteiger charge is 2.15. The molecule has 122 valence electrons. The number of aryl methyl sites for hydroxylation is 2. The van der Waals surface area contributed by atoms with Crippen molar-refractivity contribution in [3.8, 4) is 5.88 Å². The molecular weight excluding hydrogens is 310 g/mol. The molecule has 0 saturated carbocycles. The van der Waals surface area contributed by atoms with Gasteiger partial charge in [0.15, 0.2) is 0 Å². The van der Waals surface area contributed by atoms with Gasteiger partial charge in [0.2, 0.25) is 5.88 Å². The van der Waals surface area contributed by atoms with E-state index in [9.17, 15) is 5.11 Å². The molecule has 23 heavy (non-hydrogen) atoms. The van der Waals surface area contributed by atoms with Crippen LogP contribution in [0.25, 0.3) is 10.1 Å². The molecule has 0 bridgehead atoms. The molecule has 0 aliphatic heterocycles. The molecule has 2 N–H and O–H groups in total. The lowest BCUT2D eigenvalue weighted by atomic mass is 10.2. The molecule has 3 aromatic rings. The average Bonchev–Trinajstić information content (AvgIpc) is 3.08. The van der Waals surface area contributed by atoms with Gasteiger partial charge < -0.3 is 15.2 Å². The molecule has 3 rings (SSSR count). The van der Waals surface area contributed by atoms with Gasteiger partial charge in [-0.1, -0.05) is 18.2 Å². The van der Waals surface area contributed by atoms with Crippen LogP contribution in [0.5, 0.6) is 5.88 Å². The maximum atomic E-state index is 10.4. The van der Waals surface area contributed by atoms with Crippen LogP contribution in [0.15, 0.2) is 30.3 Å². The zero-order valence-corrected chi connectivity index (χ0v) is 14.4. The van der Waals surface area contributed by atoms with E-state index in [1.807, 2.05) is 26.1 Å². The fourth-order valence-electron chi connectivity index (χ4n) is 2.74. The van der Waals surface area contributed by atoms with Crippen LogP contribution in [0.1, 0.15) is 22.2 Å². The number of thiophene rings is 1. The summed E-state index contributed by atoms with van der Waals surface area (Å²) < 4.78 is 8.31. The Balaban J connectivity index is 1.64. The van der Waals surface area contributed by atoms with Crippen molar-refractivity contribution in [2.75, 3.05) is 13.7 Å². The standard InChI is InChI=1S/C17H21N3O2S/c1-11-13(17(22-3)20(2)19-11)9-18-10-14(21)16-8-12-6-4-5-7-15(12)23-16/h4-8,14,18,21H,9-10H2,1-3H3. The minimum absolute atomic E-state index is 0.490. The van der Waals surface area contributed by atoms with E-state index >= 15 is 0 Å². The molecule has 1 atom stereocenters. The summed E-state index contributed by atoms with van der Waals surface area (Å²) in [5, 5.41) is 19.2. The predicted octanol–water partition coefficient (Wildman–Crippen LogP) is 2.78. The number of hydrogen-bond donors (Lipinski definition) is 2.